The third-order valence-electron chi connectivity index (χ3n) is 2.71. The van der Waals surface area contributed by atoms with E-state index in [2.05, 4.69) is 13.8 Å². The number of hydrogen-bond donors (Lipinski definition) is 2. The molecule has 0 aromatic rings. The van der Waals surface area contributed by atoms with Gasteiger partial charge in [0.1, 0.15) is 0 Å². The molecule has 0 spiro atoms. The molecule has 2 nitrogen and oxygen atoms in total. The maximum absolute atomic E-state index is 7.00. The van der Waals surface area contributed by atoms with Crippen molar-refractivity contribution in [2.75, 3.05) is 14.2 Å². The summed E-state index contributed by atoms with van der Waals surface area (Å²) < 4.78 is 0. The quantitative estimate of drug-likeness (QED) is 0.557. The largest absolute Gasteiger partial charge is 0.400 e. The SMILES string of the molecule is CCCCCCCCCCCCC.CO.CO. The molecule has 0 saturated carbocycles. The maximum Gasteiger partial charge on any atom is 0.0319 e. The number of aliphatic hydroxyl groups is 2. The van der Waals surface area contributed by atoms with Gasteiger partial charge in [-0.15, -0.1) is 0 Å². The standard InChI is InChI=1S/C13H28.2CH4O/c1-3-5-7-9-11-13-12-10-8-6-4-2;2*1-2/h3-13H2,1-2H3;2*2H,1H3. The van der Waals surface area contributed by atoms with Gasteiger partial charge in [0.15, 0.2) is 0 Å². The molecule has 0 atom stereocenters. The van der Waals surface area contributed by atoms with E-state index in [1.807, 2.05) is 0 Å². The van der Waals surface area contributed by atoms with Crippen molar-refractivity contribution in [3.63, 3.8) is 0 Å². The Morgan fingerprint density at radius 1 is 0.412 bits per heavy atom. The second-order valence-corrected chi connectivity index (χ2v) is 4.18. The highest BCUT2D eigenvalue weighted by Crippen LogP contribution is 2.10. The average Bonchev–Trinajstić information content (AvgIpc) is 2.42. The fraction of sp³-hybridized carbons (Fsp3) is 1.00. The predicted octanol–water partition coefficient (Wildman–Crippen LogP) is 4.53. The summed E-state index contributed by atoms with van der Waals surface area (Å²) in [5, 5.41) is 14.0. The van der Waals surface area contributed by atoms with Gasteiger partial charge in [-0.1, -0.05) is 84.5 Å². The van der Waals surface area contributed by atoms with E-state index in [9.17, 15) is 0 Å². The maximum atomic E-state index is 7.00. The van der Waals surface area contributed by atoms with Crippen LogP contribution in [0.2, 0.25) is 0 Å². The smallest absolute Gasteiger partial charge is 0.0319 e. The van der Waals surface area contributed by atoms with E-state index in [-0.39, 0.29) is 0 Å². The molecule has 108 valence electrons. The van der Waals surface area contributed by atoms with Gasteiger partial charge < -0.3 is 10.2 Å². The Kier molecular flexibility index (Phi) is 38.7. The zero-order valence-corrected chi connectivity index (χ0v) is 12.7. The summed E-state index contributed by atoms with van der Waals surface area (Å²) in [6.07, 6.45) is 15.9. The molecule has 17 heavy (non-hydrogen) atoms. The van der Waals surface area contributed by atoms with Crippen LogP contribution < -0.4 is 0 Å². The molecule has 0 aliphatic heterocycles. The summed E-state index contributed by atoms with van der Waals surface area (Å²) in [6, 6.07) is 0. The first-order chi connectivity index (χ1) is 8.41. The Morgan fingerprint density at radius 2 is 0.588 bits per heavy atom. The molecule has 0 saturated heterocycles. The summed E-state index contributed by atoms with van der Waals surface area (Å²) in [5.41, 5.74) is 0. The molecule has 0 aliphatic rings. The zero-order chi connectivity index (χ0) is 13.8. The van der Waals surface area contributed by atoms with Crippen LogP contribution in [0.25, 0.3) is 0 Å². The van der Waals surface area contributed by atoms with E-state index in [0.717, 1.165) is 14.2 Å². The molecule has 0 aliphatic carbocycles. The molecule has 0 amide bonds. The van der Waals surface area contributed by atoms with Gasteiger partial charge in [-0.2, -0.15) is 0 Å². The Bertz CT molecular complexity index is 75.0. The predicted molar refractivity (Wildman–Crippen MR) is 78.4 cm³/mol. The number of hydrogen-bond acceptors (Lipinski definition) is 2. The molecule has 0 unspecified atom stereocenters. The minimum atomic E-state index is 1.00. The van der Waals surface area contributed by atoms with Gasteiger partial charge >= 0.3 is 0 Å². The minimum Gasteiger partial charge on any atom is -0.400 e. The van der Waals surface area contributed by atoms with E-state index >= 15 is 0 Å². The zero-order valence-electron chi connectivity index (χ0n) is 12.7. The molecule has 0 aromatic carbocycles. The molecule has 0 fully saturated rings. The molecule has 0 rings (SSSR count). The third kappa shape index (κ3) is 31.3. The van der Waals surface area contributed by atoms with Crippen LogP contribution in [0.5, 0.6) is 0 Å². The van der Waals surface area contributed by atoms with Crippen molar-refractivity contribution in [3.05, 3.63) is 0 Å². The fourth-order valence-corrected chi connectivity index (χ4v) is 1.74. The first kappa shape index (κ1) is 22.1. The van der Waals surface area contributed by atoms with Crippen LogP contribution in [0.4, 0.5) is 0 Å². The van der Waals surface area contributed by atoms with Crippen molar-refractivity contribution in [1.29, 1.82) is 0 Å². The number of aliphatic hydroxyl groups excluding tert-OH is 2. The first-order valence-electron chi connectivity index (χ1n) is 7.31. The topological polar surface area (TPSA) is 40.5 Å². The average molecular weight is 248 g/mol. The summed E-state index contributed by atoms with van der Waals surface area (Å²) in [6.45, 7) is 4.56. The highest BCUT2D eigenvalue weighted by atomic mass is 16.2. The Hall–Kier alpha value is -0.0800. The second kappa shape index (κ2) is 29.7. The van der Waals surface area contributed by atoms with Crippen LogP contribution >= 0.6 is 0 Å². The van der Waals surface area contributed by atoms with Crippen molar-refractivity contribution in [2.24, 2.45) is 0 Å². The number of rotatable bonds is 10. The van der Waals surface area contributed by atoms with E-state index in [1.165, 1.54) is 70.6 Å². The highest BCUT2D eigenvalue weighted by Gasteiger charge is 1.90. The Morgan fingerprint density at radius 3 is 0.765 bits per heavy atom. The molecule has 0 radical (unpaired) electrons. The van der Waals surface area contributed by atoms with Crippen LogP contribution in [-0.2, 0) is 0 Å². The summed E-state index contributed by atoms with van der Waals surface area (Å²) >= 11 is 0. The van der Waals surface area contributed by atoms with Crippen molar-refractivity contribution in [2.45, 2.75) is 84.5 Å². The van der Waals surface area contributed by atoms with Gasteiger partial charge in [0, 0.05) is 14.2 Å². The van der Waals surface area contributed by atoms with Crippen LogP contribution in [0, 0.1) is 0 Å². The van der Waals surface area contributed by atoms with Crippen molar-refractivity contribution in [1.82, 2.24) is 0 Å². The lowest BCUT2D eigenvalue weighted by atomic mass is 10.1. The third-order valence-corrected chi connectivity index (χ3v) is 2.71. The lowest BCUT2D eigenvalue weighted by molar-refractivity contribution is 0.399. The Labute approximate surface area is 109 Å². The van der Waals surface area contributed by atoms with E-state index in [1.54, 1.807) is 0 Å². The molecular formula is C15H36O2. The van der Waals surface area contributed by atoms with Crippen molar-refractivity contribution in [3.8, 4) is 0 Å². The molecule has 0 aromatic heterocycles. The molecule has 0 heterocycles. The molecule has 0 bridgehead atoms. The van der Waals surface area contributed by atoms with Gasteiger partial charge in [0.25, 0.3) is 0 Å². The van der Waals surface area contributed by atoms with Crippen LogP contribution in [0.15, 0.2) is 0 Å². The fourth-order valence-electron chi connectivity index (χ4n) is 1.74. The van der Waals surface area contributed by atoms with Gasteiger partial charge in [-0.25, -0.2) is 0 Å². The monoisotopic (exact) mass is 248 g/mol. The normalized spacial score (nSPS) is 8.82. The summed E-state index contributed by atoms with van der Waals surface area (Å²) in [5.74, 6) is 0. The molecular weight excluding hydrogens is 212 g/mol. The lowest BCUT2D eigenvalue weighted by Gasteiger charge is -2.00. The van der Waals surface area contributed by atoms with Crippen LogP contribution in [-0.4, -0.2) is 24.4 Å². The van der Waals surface area contributed by atoms with E-state index < -0.39 is 0 Å². The van der Waals surface area contributed by atoms with Crippen molar-refractivity contribution < 1.29 is 10.2 Å². The summed E-state index contributed by atoms with van der Waals surface area (Å²) in [7, 11) is 2.00. The Balaban J connectivity index is -0.000000439. The molecule has 2 N–H and O–H groups in total. The number of unbranched alkanes of at least 4 members (excludes halogenated alkanes) is 10. The summed E-state index contributed by atoms with van der Waals surface area (Å²) in [4.78, 5) is 0. The van der Waals surface area contributed by atoms with Gasteiger partial charge in [-0.3, -0.25) is 0 Å². The van der Waals surface area contributed by atoms with Gasteiger partial charge in [-0.05, 0) is 0 Å². The minimum absolute atomic E-state index is 1.00. The van der Waals surface area contributed by atoms with E-state index in [0.29, 0.717) is 0 Å². The highest BCUT2D eigenvalue weighted by molar-refractivity contribution is 4.46. The van der Waals surface area contributed by atoms with Gasteiger partial charge in [0.2, 0.25) is 0 Å². The first-order valence-corrected chi connectivity index (χ1v) is 7.31. The lowest BCUT2D eigenvalue weighted by Crippen LogP contribution is -1.80. The second-order valence-electron chi connectivity index (χ2n) is 4.18. The van der Waals surface area contributed by atoms with Crippen LogP contribution in [0.1, 0.15) is 84.5 Å². The molecule has 2 heteroatoms. The van der Waals surface area contributed by atoms with Gasteiger partial charge in [0.05, 0.1) is 0 Å². The van der Waals surface area contributed by atoms with Crippen LogP contribution in [0.3, 0.4) is 0 Å². The van der Waals surface area contributed by atoms with Crippen molar-refractivity contribution >= 4 is 0 Å². The van der Waals surface area contributed by atoms with E-state index in [4.69, 9.17) is 10.2 Å².